The van der Waals surface area contributed by atoms with Crippen LogP contribution in [-0.2, 0) is 9.59 Å². The summed E-state index contributed by atoms with van der Waals surface area (Å²) in [5, 5.41) is 23.8. The molecule has 18 heavy (non-hydrogen) atoms. The summed E-state index contributed by atoms with van der Waals surface area (Å²) in [6.07, 6.45) is 1.67. The topological polar surface area (TPSA) is 94.8 Å². The summed E-state index contributed by atoms with van der Waals surface area (Å²) >= 11 is 0. The van der Waals surface area contributed by atoms with Crippen LogP contribution in [-0.4, -0.2) is 27.3 Å². The average molecular weight is 254 g/mol. The monoisotopic (exact) mass is 254 g/mol. The van der Waals surface area contributed by atoms with E-state index in [4.69, 9.17) is 15.3 Å². The number of aliphatic carboxylic acids is 2. The first kappa shape index (κ1) is 20.8. The molecule has 0 bridgehead atoms. The number of phenolic OH excluding ortho intramolecular Hbond substituents is 1. The van der Waals surface area contributed by atoms with Gasteiger partial charge in [0.2, 0.25) is 0 Å². The Kier molecular flexibility index (Phi) is 16.7. The first-order valence-corrected chi connectivity index (χ1v) is 4.38. The van der Waals surface area contributed by atoms with Crippen molar-refractivity contribution >= 4 is 11.9 Å². The fourth-order valence-corrected chi connectivity index (χ4v) is 0.428. The molecule has 0 unspecified atom stereocenters. The van der Waals surface area contributed by atoms with Gasteiger partial charge in [0.15, 0.2) is 0 Å². The van der Waals surface area contributed by atoms with Crippen LogP contribution < -0.4 is 0 Å². The number of phenols is 1. The van der Waals surface area contributed by atoms with Crippen molar-refractivity contribution in [3.05, 3.63) is 55.6 Å². The first-order valence-electron chi connectivity index (χ1n) is 4.38. The molecular weight excluding hydrogens is 236 g/mol. The molecule has 0 fully saturated rings. The Hall–Kier alpha value is -2.56. The molecule has 5 nitrogen and oxygen atoms in total. The second kappa shape index (κ2) is 14.4. The molecule has 0 aromatic heterocycles. The van der Waals surface area contributed by atoms with Gasteiger partial charge >= 0.3 is 11.9 Å². The van der Waals surface area contributed by atoms with Gasteiger partial charge in [0, 0.05) is 12.2 Å². The number of hydrogen-bond acceptors (Lipinski definition) is 3. The minimum Gasteiger partial charge on any atom is -0.508 e. The van der Waals surface area contributed by atoms with Gasteiger partial charge in [0.05, 0.1) is 0 Å². The molecule has 0 aliphatic heterocycles. The van der Waals surface area contributed by atoms with Gasteiger partial charge in [0.25, 0.3) is 0 Å². The fraction of sp³-hybridized carbons (Fsp3) is 0.0769. The van der Waals surface area contributed by atoms with Crippen LogP contribution in [0.5, 0.6) is 5.75 Å². The number of carbonyl (C=O) groups is 2. The minimum absolute atomic E-state index is 0. The summed E-state index contributed by atoms with van der Waals surface area (Å²) in [4.78, 5) is 18.5. The molecule has 0 atom stereocenters. The zero-order valence-corrected chi connectivity index (χ0v) is 9.11. The Morgan fingerprint density at radius 1 is 0.944 bits per heavy atom. The highest BCUT2D eigenvalue weighted by atomic mass is 16.4. The SMILES string of the molecule is C.C=CC(=O)O.C=CC(=O)O.Oc1ccccc1. The third-order valence-electron chi connectivity index (χ3n) is 1.11. The minimum atomic E-state index is -0.981. The molecule has 1 aromatic rings. The molecule has 0 heterocycles. The van der Waals surface area contributed by atoms with Crippen LogP contribution in [0.3, 0.4) is 0 Å². The summed E-state index contributed by atoms with van der Waals surface area (Å²) < 4.78 is 0. The molecule has 0 spiro atoms. The van der Waals surface area contributed by atoms with E-state index in [1.54, 1.807) is 24.3 Å². The lowest BCUT2D eigenvalue weighted by Crippen LogP contribution is -1.82. The van der Waals surface area contributed by atoms with Gasteiger partial charge < -0.3 is 15.3 Å². The summed E-state index contributed by atoms with van der Waals surface area (Å²) in [6.45, 7) is 5.92. The number of rotatable bonds is 2. The van der Waals surface area contributed by atoms with Crippen molar-refractivity contribution in [3.8, 4) is 5.75 Å². The van der Waals surface area contributed by atoms with E-state index in [0.29, 0.717) is 5.75 Å². The molecule has 0 radical (unpaired) electrons. The number of aromatic hydroxyl groups is 1. The molecule has 0 aliphatic rings. The standard InChI is InChI=1S/C6H6O.2C3H4O2.CH4/c7-6-4-2-1-3-5-6;2*1-2-3(4)5;/h1-5,7H;2*2H,1H2,(H,4,5);1H4. The zero-order valence-electron chi connectivity index (χ0n) is 9.11. The van der Waals surface area contributed by atoms with Crippen molar-refractivity contribution in [1.82, 2.24) is 0 Å². The fourth-order valence-electron chi connectivity index (χ4n) is 0.428. The van der Waals surface area contributed by atoms with Gasteiger partial charge in [-0.2, -0.15) is 0 Å². The summed E-state index contributed by atoms with van der Waals surface area (Å²) in [7, 11) is 0. The predicted molar refractivity (Wildman–Crippen MR) is 70.5 cm³/mol. The van der Waals surface area contributed by atoms with Crippen LogP contribution in [0.25, 0.3) is 0 Å². The van der Waals surface area contributed by atoms with Crippen molar-refractivity contribution in [2.24, 2.45) is 0 Å². The summed E-state index contributed by atoms with van der Waals surface area (Å²) in [5.41, 5.74) is 0. The van der Waals surface area contributed by atoms with E-state index >= 15 is 0 Å². The zero-order chi connectivity index (χ0) is 13.7. The maximum Gasteiger partial charge on any atom is 0.327 e. The molecular formula is C13H18O5. The van der Waals surface area contributed by atoms with Gasteiger partial charge in [-0.25, -0.2) is 9.59 Å². The molecule has 0 saturated carbocycles. The van der Waals surface area contributed by atoms with Gasteiger partial charge in [-0.1, -0.05) is 38.8 Å². The van der Waals surface area contributed by atoms with Gasteiger partial charge in [0.1, 0.15) is 5.75 Å². The Labute approximate surface area is 106 Å². The van der Waals surface area contributed by atoms with Crippen molar-refractivity contribution in [1.29, 1.82) is 0 Å². The number of hydrogen-bond donors (Lipinski definition) is 3. The molecule has 0 aliphatic carbocycles. The highest BCUT2D eigenvalue weighted by Crippen LogP contribution is 2.02. The van der Waals surface area contributed by atoms with Crippen LogP contribution in [0, 0.1) is 0 Å². The Morgan fingerprint density at radius 2 is 1.22 bits per heavy atom. The maximum absolute atomic E-state index is 9.25. The molecule has 5 heteroatoms. The van der Waals surface area contributed by atoms with Crippen molar-refractivity contribution < 1.29 is 24.9 Å². The first-order chi connectivity index (χ1) is 7.93. The van der Waals surface area contributed by atoms with E-state index in [1.807, 2.05) is 6.07 Å². The lowest BCUT2D eigenvalue weighted by molar-refractivity contribution is -0.132. The lowest BCUT2D eigenvalue weighted by Gasteiger charge is -1.82. The number of benzene rings is 1. The smallest absolute Gasteiger partial charge is 0.327 e. The Morgan fingerprint density at radius 3 is 1.33 bits per heavy atom. The third-order valence-corrected chi connectivity index (χ3v) is 1.11. The van der Waals surface area contributed by atoms with Gasteiger partial charge in [-0.3, -0.25) is 0 Å². The highest BCUT2D eigenvalue weighted by molar-refractivity contribution is 5.79. The predicted octanol–water partition coefficient (Wildman–Crippen LogP) is 2.54. The number of carboxylic acids is 2. The third kappa shape index (κ3) is 23.3. The van der Waals surface area contributed by atoms with E-state index in [1.165, 1.54) is 0 Å². The Balaban J connectivity index is -0.000000188. The van der Waals surface area contributed by atoms with Crippen LogP contribution >= 0.6 is 0 Å². The maximum atomic E-state index is 9.25. The van der Waals surface area contributed by atoms with Gasteiger partial charge in [-0.15, -0.1) is 0 Å². The number of carboxylic acid groups (broad SMARTS) is 2. The normalized spacial score (nSPS) is 6.89. The van der Waals surface area contributed by atoms with Crippen molar-refractivity contribution in [3.63, 3.8) is 0 Å². The molecule has 1 rings (SSSR count). The summed E-state index contributed by atoms with van der Waals surface area (Å²) in [5.74, 6) is -1.64. The van der Waals surface area contributed by atoms with Crippen LogP contribution in [0.2, 0.25) is 0 Å². The average Bonchev–Trinajstić information content (AvgIpc) is 2.31. The van der Waals surface area contributed by atoms with Crippen LogP contribution in [0.4, 0.5) is 0 Å². The van der Waals surface area contributed by atoms with E-state index < -0.39 is 11.9 Å². The Bertz CT molecular complexity index is 339. The lowest BCUT2D eigenvalue weighted by atomic mass is 10.3. The van der Waals surface area contributed by atoms with Crippen molar-refractivity contribution in [2.75, 3.05) is 0 Å². The molecule has 100 valence electrons. The van der Waals surface area contributed by atoms with E-state index in [9.17, 15) is 9.59 Å². The molecule has 3 N–H and O–H groups in total. The number of para-hydroxylation sites is 1. The highest BCUT2D eigenvalue weighted by Gasteiger charge is 1.75. The van der Waals surface area contributed by atoms with Crippen molar-refractivity contribution in [2.45, 2.75) is 7.43 Å². The quantitative estimate of drug-likeness (QED) is 0.705. The second-order valence-electron chi connectivity index (χ2n) is 2.42. The van der Waals surface area contributed by atoms with Gasteiger partial charge in [-0.05, 0) is 12.1 Å². The van der Waals surface area contributed by atoms with E-state index in [2.05, 4.69) is 13.2 Å². The summed E-state index contributed by atoms with van der Waals surface area (Å²) in [6, 6.07) is 8.71. The van der Waals surface area contributed by atoms with Crippen LogP contribution in [0.15, 0.2) is 55.6 Å². The molecule has 0 amide bonds. The van der Waals surface area contributed by atoms with E-state index in [-0.39, 0.29) is 7.43 Å². The van der Waals surface area contributed by atoms with E-state index in [0.717, 1.165) is 12.2 Å². The second-order valence-corrected chi connectivity index (χ2v) is 2.42. The molecule has 1 aromatic carbocycles. The molecule has 0 saturated heterocycles. The largest absolute Gasteiger partial charge is 0.508 e. The van der Waals surface area contributed by atoms with Crippen LogP contribution in [0.1, 0.15) is 7.43 Å².